The lowest BCUT2D eigenvalue weighted by Gasteiger charge is -2.27. The number of amides is 1. The number of methoxy groups -OCH3 is 4. The van der Waals surface area contributed by atoms with Gasteiger partial charge in [0.25, 0.3) is 11.7 Å². The van der Waals surface area contributed by atoms with Gasteiger partial charge in [0.2, 0.25) is 0 Å². The summed E-state index contributed by atoms with van der Waals surface area (Å²) in [5, 5.41) is 13.3. The number of benzene rings is 2. The molecule has 0 aliphatic carbocycles. The Kier molecular flexibility index (Phi) is 6.97. The van der Waals surface area contributed by atoms with Crippen molar-refractivity contribution in [3.05, 3.63) is 75.5 Å². The Hall–Kier alpha value is -3.98. The van der Waals surface area contributed by atoms with Crippen LogP contribution in [-0.4, -0.2) is 50.1 Å². The maximum absolute atomic E-state index is 13.4. The molecule has 35 heavy (non-hydrogen) atoms. The summed E-state index contributed by atoms with van der Waals surface area (Å²) in [6.45, 7) is 0.184. The fourth-order valence-electron chi connectivity index (χ4n) is 4.20. The van der Waals surface area contributed by atoms with Crippen molar-refractivity contribution in [3.63, 3.8) is 0 Å². The van der Waals surface area contributed by atoms with Gasteiger partial charge in [-0.25, -0.2) is 0 Å². The molecular formula is C26H25NO7S. The number of thiophene rings is 1. The average molecular weight is 496 g/mol. The number of hydrogen-bond donors (Lipinski definition) is 1. The third-order valence-electron chi connectivity index (χ3n) is 5.84. The molecule has 0 spiro atoms. The van der Waals surface area contributed by atoms with Crippen molar-refractivity contribution in [2.45, 2.75) is 12.6 Å². The Morgan fingerprint density at radius 1 is 0.943 bits per heavy atom. The molecule has 1 aromatic heterocycles. The lowest BCUT2D eigenvalue weighted by molar-refractivity contribution is -0.140. The van der Waals surface area contributed by atoms with Gasteiger partial charge in [-0.2, -0.15) is 0 Å². The summed E-state index contributed by atoms with van der Waals surface area (Å²) in [6.07, 6.45) is 0. The van der Waals surface area contributed by atoms with Crippen LogP contribution in [-0.2, 0) is 16.1 Å². The van der Waals surface area contributed by atoms with Gasteiger partial charge in [-0.15, -0.1) is 11.3 Å². The highest BCUT2D eigenvalue weighted by atomic mass is 32.1. The van der Waals surface area contributed by atoms with E-state index in [9.17, 15) is 14.7 Å². The van der Waals surface area contributed by atoms with E-state index in [4.69, 9.17) is 18.9 Å². The van der Waals surface area contributed by atoms with E-state index in [0.29, 0.717) is 28.6 Å². The van der Waals surface area contributed by atoms with Crippen LogP contribution < -0.4 is 18.9 Å². The molecule has 0 radical (unpaired) electrons. The third-order valence-corrected chi connectivity index (χ3v) is 6.70. The number of hydrogen-bond acceptors (Lipinski definition) is 8. The molecule has 8 nitrogen and oxygen atoms in total. The molecule has 4 rings (SSSR count). The minimum Gasteiger partial charge on any atom is -0.507 e. The van der Waals surface area contributed by atoms with Crippen molar-refractivity contribution >= 4 is 28.8 Å². The predicted molar refractivity (Wildman–Crippen MR) is 131 cm³/mol. The number of aliphatic hydroxyl groups is 1. The fraction of sp³-hybridized carbons (Fsp3) is 0.231. The zero-order valence-corrected chi connectivity index (χ0v) is 20.5. The van der Waals surface area contributed by atoms with E-state index in [0.717, 1.165) is 4.88 Å². The number of para-hydroxylation sites is 1. The van der Waals surface area contributed by atoms with E-state index in [-0.39, 0.29) is 23.4 Å². The monoisotopic (exact) mass is 495 g/mol. The number of ether oxygens (including phenoxy) is 4. The second-order valence-electron chi connectivity index (χ2n) is 7.66. The van der Waals surface area contributed by atoms with Gasteiger partial charge in [0.15, 0.2) is 11.5 Å². The van der Waals surface area contributed by atoms with Crippen molar-refractivity contribution in [1.29, 1.82) is 0 Å². The molecule has 1 aliphatic heterocycles. The van der Waals surface area contributed by atoms with Gasteiger partial charge in [-0.3, -0.25) is 9.59 Å². The van der Waals surface area contributed by atoms with Gasteiger partial charge in [-0.1, -0.05) is 18.2 Å². The van der Waals surface area contributed by atoms with Gasteiger partial charge in [-0.05, 0) is 29.6 Å². The largest absolute Gasteiger partial charge is 0.507 e. The van der Waals surface area contributed by atoms with Crippen molar-refractivity contribution < 1.29 is 33.6 Å². The molecule has 0 bridgehead atoms. The molecule has 0 saturated carbocycles. The molecule has 9 heteroatoms. The number of nitrogens with zero attached hydrogens (tertiary/aromatic N) is 1. The molecule has 1 fully saturated rings. The highest BCUT2D eigenvalue weighted by molar-refractivity contribution is 7.09. The topological polar surface area (TPSA) is 94.5 Å². The summed E-state index contributed by atoms with van der Waals surface area (Å²) in [5.74, 6) is -0.259. The smallest absolute Gasteiger partial charge is 0.295 e. The SMILES string of the molecule is COc1ccc(/C(O)=C2\C(=O)C(=O)N(Cc3cccs3)C2c2cccc(OC)c2OC)c(OC)c1. The Morgan fingerprint density at radius 2 is 1.71 bits per heavy atom. The molecule has 3 aromatic rings. The molecule has 1 aliphatic rings. The average Bonchev–Trinajstić information content (AvgIpc) is 3.49. The summed E-state index contributed by atoms with van der Waals surface area (Å²) in [7, 11) is 5.95. The minimum absolute atomic E-state index is 0.0680. The molecule has 182 valence electrons. The first kappa shape index (κ1) is 24.2. The van der Waals surface area contributed by atoms with Gasteiger partial charge in [0.05, 0.1) is 52.2 Å². The number of ketones is 1. The second kappa shape index (κ2) is 10.1. The van der Waals surface area contributed by atoms with E-state index in [2.05, 4.69) is 0 Å². The van der Waals surface area contributed by atoms with Gasteiger partial charge in [0, 0.05) is 16.5 Å². The maximum atomic E-state index is 13.4. The quantitative estimate of drug-likeness (QED) is 0.281. The first-order valence-electron chi connectivity index (χ1n) is 10.7. The number of Topliss-reactive ketones (excluding diaryl/α,β-unsaturated/α-hetero) is 1. The van der Waals surface area contributed by atoms with Gasteiger partial charge in [0.1, 0.15) is 17.3 Å². The van der Waals surface area contributed by atoms with Crippen LogP contribution in [0.3, 0.4) is 0 Å². The first-order valence-corrected chi connectivity index (χ1v) is 11.6. The van der Waals surface area contributed by atoms with Crippen molar-refractivity contribution in [3.8, 4) is 23.0 Å². The van der Waals surface area contributed by atoms with Crippen LogP contribution in [0.1, 0.15) is 22.0 Å². The zero-order chi connectivity index (χ0) is 25.1. The number of aliphatic hydroxyl groups excluding tert-OH is 1. The number of likely N-dealkylation sites (tertiary alicyclic amines) is 1. The van der Waals surface area contributed by atoms with E-state index >= 15 is 0 Å². The molecule has 1 amide bonds. The first-order chi connectivity index (χ1) is 16.9. The van der Waals surface area contributed by atoms with Crippen LogP contribution in [0.5, 0.6) is 23.0 Å². The van der Waals surface area contributed by atoms with E-state index in [1.807, 2.05) is 17.5 Å². The van der Waals surface area contributed by atoms with Crippen LogP contribution in [0.25, 0.3) is 5.76 Å². The van der Waals surface area contributed by atoms with E-state index in [1.165, 1.54) is 44.7 Å². The molecule has 1 unspecified atom stereocenters. The van der Waals surface area contributed by atoms with Crippen LogP contribution >= 0.6 is 11.3 Å². The Bertz CT molecular complexity index is 1280. The zero-order valence-electron chi connectivity index (χ0n) is 19.7. The summed E-state index contributed by atoms with van der Waals surface area (Å²) >= 11 is 1.47. The van der Waals surface area contributed by atoms with E-state index < -0.39 is 17.7 Å². The molecule has 1 saturated heterocycles. The van der Waals surface area contributed by atoms with Crippen molar-refractivity contribution in [2.24, 2.45) is 0 Å². The Morgan fingerprint density at radius 3 is 2.34 bits per heavy atom. The summed E-state index contributed by atoms with van der Waals surface area (Å²) in [5.41, 5.74) is 0.701. The van der Waals surface area contributed by atoms with Crippen LogP contribution in [0, 0.1) is 0 Å². The molecule has 1 atom stereocenters. The molecule has 1 N–H and O–H groups in total. The van der Waals surface area contributed by atoms with Crippen LogP contribution in [0.15, 0.2) is 59.5 Å². The lowest BCUT2D eigenvalue weighted by atomic mass is 9.94. The molecule has 2 heterocycles. The second-order valence-corrected chi connectivity index (χ2v) is 8.69. The van der Waals surface area contributed by atoms with Crippen molar-refractivity contribution in [2.75, 3.05) is 28.4 Å². The highest BCUT2D eigenvalue weighted by Crippen LogP contribution is 2.47. The minimum atomic E-state index is -0.922. The van der Waals surface area contributed by atoms with Gasteiger partial charge < -0.3 is 29.0 Å². The molecular weight excluding hydrogens is 470 g/mol. The Labute approximate surface area is 206 Å². The highest BCUT2D eigenvalue weighted by Gasteiger charge is 2.47. The summed E-state index contributed by atoms with van der Waals surface area (Å²) in [4.78, 5) is 29.0. The summed E-state index contributed by atoms with van der Waals surface area (Å²) < 4.78 is 21.8. The predicted octanol–water partition coefficient (Wildman–Crippen LogP) is 4.40. The number of carbonyl (C=O) groups is 2. The van der Waals surface area contributed by atoms with Crippen LogP contribution in [0.2, 0.25) is 0 Å². The standard InChI is InChI=1S/C26H25NO7S/c1-31-15-10-11-17(20(13-15)33-3)23(28)21-22(18-8-5-9-19(32-2)25(18)34-4)27(26(30)24(21)29)14-16-7-6-12-35-16/h5-13,22,28H,14H2,1-4H3/b23-21+. The van der Waals surface area contributed by atoms with Crippen LogP contribution in [0.4, 0.5) is 0 Å². The number of carbonyl (C=O) groups excluding carboxylic acids is 2. The molecule has 2 aromatic carbocycles. The normalized spacial score (nSPS) is 16.9. The lowest BCUT2D eigenvalue weighted by Crippen LogP contribution is -2.29. The van der Waals surface area contributed by atoms with Crippen molar-refractivity contribution in [1.82, 2.24) is 4.90 Å². The third kappa shape index (κ3) is 4.30. The maximum Gasteiger partial charge on any atom is 0.295 e. The number of rotatable bonds is 8. The van der Waals surface area contributed by atoms with Gasteiger partial charge >= 0.3 is 0 Å². The Balaban J connectivity index is 1.96. The summed E-state index contributed by atoms with van der Waals surface area (Å²) in [6, 6.07) is 12.9. The van der Waals surface area contributed by atoms with E-state index in [1.54, 1.807) is 36.4 Å². The fourth-order valence-corrected chi connectivity index (χ4v) is 4.91.